The minimum absolute atomic E-state index is 0.0600. The van der Waals surface area contributed by atoms with Crippen molar-refractivity contribution in [3.8, 4) is 16.9 Å². The Bertz CT molecular complexity index is 1030. The molecule has 0 fully saturated rings. The summed E-state index contributed by atoms with van der Waals surface area (Å²) in [5, 5.41) is 3.91. The second-order valence-electron chi connectivity index (χ2n) is 5.45. The van der Waals surface area contributed by atoms with E-state index in [2.05, 4.69) is 5.10 Å². The number of anilines is 1. The molecule has 0 radical (unpaired) electrons. The van der Waals surface area contributed by atoms with Crippen LogP contribution in [0.2, 0.25) is 0 Å². The highest BCUT2D eigenvalue weighted by atomic mass is 32.2. The van der Waals surface area contributed by atoms with E-state index in [1.807, 2.05) is 0 Å². The Morgan fingerprint density at radius 2 is 1.84 bits per heavy atom. The van der Waals surface area contributed by atoms with Crippen LogP contribution in [0.3, 0.4) is 0 Å². The van der Waals surface area contributed by atoms with Crippen molar-refractivity contribution in [3.05, 3.63) is 60.0 Å². The van der Waals surface area contributed by atoms with E-state index in [9.17, 15) is 12.8 Å². The number of methoxy groups -OCH3 is 1. The number of aromatic nitrogens is 2. The molecule has 8 heteroatoms. The number of aryl methyl sites for hydroxylation is 1. The van der Waals surface area contributed by atoms with Crippen LogP contribution in [0.4, 0.5) is 10.2 Å². The predicted molar refractivity (Wildman–Crippen MR) is 92.3 cm³/mol. The lowest BCUT2D eigenvalue weighted by Crippen LogP contribution is -2.14. The van der Waals surface area contributed by atoms with Crippen LogP contribution in [0.5, 0.6) is 5.75 Å². The Morgan fingerprint density at radius 1 is 1.16 bits per heavy atom. The van der Waals surface area contributed by atoms with Gasteiger partial charge in [-0.25, -0.2) is 4.39 Å². The molecule has 130 valence electrons. The fourth-order valence-electron chi connectivity index (χ4n) is 2.37. The van der Waals surface area contributed by atoms with Gasteiger partial charge in [-0.05, 0) is 48.4 Å². The number of rotatable bonds is 4. The normalized spacial score (nSPS) is 11.5. The van der Waals surface area contributed by atoms with Gasteiger partial charge in [0.25, 0.3) is 10.0 Å². The summed E-state index contributed by atoms with van der Waals surface area (Å²) in [6.07, 6.45) is 1.34. The van der Waals surface area contributed by atoms with Crippen LogP contribution in [0.1, 0.15) is 5.56 Å². The number of nitrogens with two attached hydrogens (primary N) is 1. The summed E-state index contributed by atoms with van der Waals surface area (Å²) >= 11 is 0. The lowest BCUT2D eigenvalue weighted by atomic mass is 10.1. The van der Waals surface area contributed by atoms with Gasteiger partial charge in [0.15, 0.2) is 5.82 Å². The molecule has 0 amide bonds. The quantitative estimate of drug-likeness (QED) is 0.772. The van der Waals surface area contributed by atoms with E-state index < -0.39 is 15.8 Å². The number of halogens is 1. The molecular formula is C17H16FN3O3S. The average molecular weight is 361 g/mol. The molecular weight excluding hydrogens is 345 g/mol. The first-order valence-corrected chi connectivity index (χ1v) is 8.78. The van der Waals surface area contributed by atoms with Gasteiger partial charge >= 0.3 is 0 Å². The zero-order chi connectivity index (χ0) is 18.2. The van der Waals surface area contributed by atoms with Crippen LogP contribution in [-0.4, -0.2) is 24.7 Å². The van der Waals surface area contributed by atoms with Crippen molar-refractivity contribution in [1.29, 1.82) is 0 Å². The van der Waals surface area contributed by atoms with E-state index >= 15 is 0 Å². The molecule has 2 aromatic carbocycles. The van der Waals surface area contributed by atoms with Crippen molar-refractivity contribution in [1.82, 2.24) is 9.19 Å². The van der Waals surface area contributed by atoms with Gasteiger partial charge in [-0.3, -0.25) is 0 Å². The highest BCUT2D eigenvalue weighted by Crippen LogP contribution is 2.28. The van der Waals surface area contributed by atoms with Crippen molar-refractivity contribution < 1.29 is 17.5 Å². The zero-order valence-corrected chi connectivity index (χ0v) is 14.4. The second kappa shape index (κ2) is 6.21. The molecule has 6 nitrogen and oxygen atoms in total. The molecule has 0 bridgehead atoms. The first-order valence-electron chi connectivity index (χ1n) is 7.34. The number of nitrogens with zero attached hydrogens (tertiary/aromatic N) is 2. The SMILES string of the molecule is COc1ccc(-c2cn(S(=O)(=O)c3ccc(F)c(C)c3)nc2N)cc1. The van der Waals surface area contributed by atoms with Crippen LogP contribution in [-0.2, 0) is 10.0 Å². The third-order valence-corrected chi connectivity index (χ3v) is 5.33. The summed E-state index contributed by atoms with van der Waals surface area (Å²) in [6, 6.07) is 10.6. The smallest absolute Gasteiger partial charge is 0.283 e. The lowest BCUT2D eigenvalue weighted by Gasteiger charge is -2.05. The molecule has 0 aliphatic heterocycles. The minimum atomic E-state index is -3.97. The molecule has 0 aliphatic rings. The van der Waals surface area contributed by atoms with Gasteiger partial charge in [-0.15, -0.1) is 5.10 Å². The molecule has 0 unspecified atom stereocenters. The van der Waals surface area contributed by atoms with Crippen molar-refractivity contribution in [3.63, 3.8) is 0 Å². The fraction of sp³-hybridized carbons (Fsp3) is 0.118. The number of benzene rings is 2. The summed E-state index contributed by atoms with van der Waals surface area (Å²) in [4.78, 5) is -0.0600. The Balaban J connectivity index is 2.04. The van der Waals surface area contributed by atoms with E-state index in [1.165, 1.54) is 25.3 Å². The topological polar surface area (TPSA) is 87.2 Å². The Labute approximate surface area is 144 Å². The van der Waals surface area contributed by atoms with Gasteiger partial charge in [0, 0.05) is 5.56 Å². The summed E-state index contributed by atoms with van der Waals surface area (Å²) in [6.45, 7) is 1.49. The van der Waals surface area contributed by atoms with E-state index in [0.717, 1.165) is 10.2 Å². The van der Waals surface area contributed by atoms with Crippen molar-refractivity contribution in [2.75, 3.05) is 12.8 Å². The summed E-state index contributed by atoms with van der Waals surface area (Å²) in [5.41, 5.74) is 7.30. The molecule has 1 heterocycles. The molecule has 25 heavy (non-hydrogen) atoms. The van der Waals surface area contributed by atoms with Crippen LogP contribution in [0.25, 0.3) is 11.1 Å². The monoisotopic (exact) mass is 361 g/mol. The second-order valence-corrected chi connectivity index (χ2v) is 7.24. The standard InChI is InChI=1S/C17H16FN3O3S/c1-11-9-14(7-8-16(11)18)25(22,23)21-10-15(17(19)20-21)12-3-5-13(24-2)6-4-12/h3-10H,1-2H3,(H2,19,20). The minimum Gasteiger partial charge on any atom is -0.497 e. The highest BCUT2D eigenvalue weighted by molar-refractivity contribution is 7.89. The maximum atomic E-state index is 13.4. The largest absolute Gasteiger partial charge is 0.497 e. The van der Waals surface area contributed by atoms with Crippen LogP contribution < -0.4 is 10.5 Å². The molecule has 3 aromatic rings. The maximum absolute atomic E-state index is 13.4. The predicted octanol–water partition coefficient (Wildman–Crippen LogP) is 2.83. The van der Waals surface area contributed by atoms with Gasteiger partial charge in [0.1, 0.15) is 11.6 Å². The van der Waals surface area contributed by atoms with Crippen LogP contribution in [0, 0.1) is 12.7 Å². The van der Waals surface area contributed by atoms with Crippen molar-refractivity contribution in [2.45, 2.75) is 11.8 Å². The van der Waals surface area contributed by atoms with E-state index in [0.29, 0.717) is 16.9 Å². The zero-order valence-electron chi connectivity index (χ0n) is 13.6. The van der Waals surface area contributed by atoms with Gasteiger partial charge in [-0.1, -0.05) is 12.1 Å². The molecule has 1 aromatic heterocycles. The van der Waals surface area contributed by atoms with Crippen molar-refractivity contribution >= 4 is 15.8 Å². The summed E-state index contributed by atoms with van der Waals surface area (Å²) in [7, 11) is -2.41. The third kappa shape index (κ3) is 3.08. The molecule has 0 atom stereocenters. The van der Waals surface area contributed by atoms with Gasteiger partial charge < -0.3 is 10.5 Å². The molecule has 3 rings (SSSR count). The average Bonchev–Trinajstić information content (AvgIpc) is 3.00. The first kappa shape index (κ1) is 17.0. The number of hydrogen-bond acceptors (Lipinski definition) is 5. The molecule has 0 spiro atoms. The molecule has 0 saturated heterocycles. The van der Waals surface area contributed by atoms with E-state index in [4.69, 9.17) is 10.5 Å². The van der Waals surface area contributed by atoms with Crippen molar-refractivity contribution in [2.24, 2.45) is 0 Å². The van der Waals surface area contributed by atoms with E-state index in [-0.39, 0.29) is 16.3 Å². The Morgan fingerprint density at radius 3 is 2.44 bits per heavy atom. The molecule has 0 aliphatic carbocycles. The van der Waals surface area contributed by atoms with Gasteiger partial charge in [0.05, 0.1) is 18.2 Å². The summed E-state index contributed by atoms with van der Waals surface area (Å²) < 4.78 is 44.7. The third-order valence-electron chi connectivity index (χ3n) is 3.80. The number of nitrogen functional groups attached to an aromatic ring is 1. The van der Waals surface area contributed by atoms with E-state index in [1.54, 1.807) is 31.4 Å². The summed E-state index contributed by atoms with van der Waals surface area (Å²) in [5.74, 6) is 0.273. The van der Waals surface area contributed by atoms with Gasteiger partial charge in [0.2, 0.25) is 0 Å². The Hall–Kier alpha value is -2.87. The number of ether oxygens (including phenoxy) is 1. The molecule has 2 N–H and O–H groups in total. The van der Waals surface area contributed by atoms with Gasteiger partial charge in [-0.2, -0.15) is 12.5 Å². The highest BCUT2D eigenvalue weighted by Gasteiger charge is 2.21. The lowest BCUT2D eigenvalue weighted by molar-refractivity contribution is 0.415. The first-order chi connectivity index (χ1) is 11.8. The maximum Gasteiger partial charge on any atom is 0.283 e. The number of hydrogen-bond donors (Lipinski definition) is 1. The molecule has 0 saturated carbocycles. The fourth-order valence-corrected chi connectivity index (χ4v) is 3.59. The Kier molecular flexibility index (Phi) is 4.22. The van der Waals surface area contributed by atoms with Crippen LogP contribution >= 0.6 is 0 Å². The van der Waals surface area contributed by atoms with Crippen LogP contribution in [0.15, 0.2) is 53.6 Å².